The molecule has 1 saturated heterocycles. The van der Waals surface area contributed by atoms with Crippen molar-refractivity contribution >= 4 is 0 Å². The summed E-state index contributed by atoms with van der Waals surface area (Å²) in [5.74, 6) is 2.09. The Balaban J connectivity index is 1.53. The fourth-order valence-electron chi connectivity index (χ4n) is 3.18. The lowest BCUT2D eigenvalue weighted by Crippen LogP contribution is -2.36. The minimum absolute atomic E-state index is 0.230. The Hall–Kier alpha value is -2.16. The molecule has 0 saturated carbocycles. The van der Waals surface area contributed by atoms with Crippen molar-refractivity contribution in [2.75, 3.05) is 13.1 Å². The molecular formula is C18H23F3N4O2. The summed E-state index contributed by atoms with van der Waals surface area (Å²) in [4.78, 5) is 21.8. The highest BCUT2D eigenvalue weighted by molar-refractivity contribution is 5.04. The van der Waals surface area contributed by atoms with Crippen LogP contribution in [0.15, 0.2) is 27.8 Å². The monoisotopic (exact) mass is 384 g/mol. The summed E-state index contributed by atoms with van der Waals surface area (Å²) in [6.07, 6.45) is -0.135. The van der Waals surface area contributed by atoms with Crippen LogP contribution < -0.4 is 5.56 Å². The molecule has 2 aromatic heterocycles. The number of aromatic nitrogens is 3. The van der Waals surface area contributed by atoms with E-state index in [2.05, 4.69) is 14.9 Å². The van der Waals surface area contributed by atoms with Crippen LogP contribution in [-0.2, 0) is 19.3 Å². The Bertz CT molecular complexity index is 820. The van der Waals surface area contributed by atoms with Gasteiger partial charge < -0.3 is 4.42 Å². The molecule has 0 aromatic carbocycles. The summed E-state index contributed by atoms with van der Waals surface area (Å²) < 4.78 is 44.8. The highest BCUT2D eigenvalue weighted by atomic mass is 19.4. The lowest BCUT2D eigenvalue weighted by molar-refractivity contribution is -0.141. The van der Waals surface area contributed by atoms with Crippen LogP contribution in [0.25, 0.3) is 0 Å². The van der Waals surface area contributed by atoms with Crippen LogP contribution in [0.3, 0.4) is 0 Å². The SMILES string of the molecule is CC(C)c1cnc(CN2CCC(Cn3cnc(C(F)(F)F)cc3=O)CC2)o1. The number of piperidine rings is 1. The van der Waals surface area contributed by atoms with Crippen LogP contribution in [0, 0.1) is 5.92 Å². The molecule has 2 aromatic rings. The first-order valence-corrected chi connectivity index (χ1v) is 9.03. The maximum absolute atomic E-state index is 12.6. The summed E-state index contributed by atoms with van der Waals surface area (Å²) in [6, 6.07) is 0.560. The highest BCUT2D eigenvalue weighted by Gasteiger charge is 2.33. The topological polar surface area (TPSA) is 64.2 Å². The molecule has 148 valence electrons. The van der Waals surface area contributed by atoms with E-state index in [9.17, 15) is 18.0 Å². The van der Waals surface area contributed by atoms with Crippen LogP contribution in [0.1, 0.15) is 50.0 Å². The van der Waals surface area contributed by atoms with Gasteiger partial charge in [0, 0.05) is 18.5 Å². The largest absolute Gasteiger partial charge is 0.444 e. The molecule has 0 atom stereocenters. The first-order chi connectivity index (χ1) is 12.7. The Morgan fingerprint density at radius 1 is 1.26 bits per heavy atom. The van der Waals surface area contributed by atoms with Crippen LogP contribution in [0.2, 0.25) is 0 Å². The molecule has 0 bridgehead atoms. The van der Waals surface area contributed by atoms with Gasteiger partial charge in [0.15, 0.2) is 5.69 Å². The molecule has 0 spiro atoms. The van der Waals surface area contributed by atoms with E-state index in [1.54, 1.807) is 6.20 Å². The third-order valence-corrected chi connectivity index (χ3v) is 4.83. The van der Waals surface area contributed by atoms with E-state index in [4.69, 9.17) is 4.42 Å². The molecule has 9 heteroatoms. The number of halogens is 3. The van der Waals surface area contributed by atoms with Crippen molar-refractivity contribution in [1.82, 2.24) is 19.4 Å². The molecule has 0 radical (unpaired) electrons. The molecule has 1 aliphatic rings. The van der Waals surface area contributed by atoms with Gasteiger partial charge in [0.1, 0.15) is 5.76 Å². The number of hydrogen-bond donors (Lipinski definition) is 0. The minimum atomic E-state index is -4.60. The van der Waals surface area contributed by atoms with Gasteiger partial charge in [0.2, 0.25) is 5.89 Å². The third-order valence-electron chi connectivity index (χ3n) is 4.83. The van der Waals surface area contributed by atoms with Crippen molar-refractivity contribution in [2.45, 2.75) is 51.9 Å². The van der Waals surface area contributed by atoms with Crippen molar-refractivity contribution in [2.24, 2.45) is 5.92 Å². The number of oxazole rings is 1. The lowest BCUT2D eigenvalue weighted by atomic mass is 9.96. The number of alkyl halides is 3. The van der Waals surface area contributed by atoms with E-state index < -0.39 is 17.4 Å². The van der Waals surface area contributed by atoms with Gasteiger partial charge >= 0.3 is 6.18 Å². The second-order valence-electron chi connectivity index (χ2n) is 7.29. The van der Waals surface area contributed by atoms with Crippen molar-refractivity contribution in [3.63, 3.8) is 0 Å². The molecule has 0 aliphatic carbocycles. The summed E-state index contributed by atoms with van der Waals surface area (Å²) in [5, 5.41) is 0. The summed E-state index contributed by atoms with van der Waals surface area (Å²) in [5.41, 5.74) is -1.81. The van der Waals surface area contributed by atoms with Crippen LogP contribution in [0.4, 0.5) is 13.2 Å². The van der Waals surface area contributed by atoms with Crippen molar-refractivity contribution in [1.29, 1.82) is 0 Å². The maximum atomic E-state index is 12.6. The van der Waals surface area contributed by atoms with Crippen molar-refractivity contribution in [3.8, 4) is 0 Å². The zero-order chi connectivity index (χ0) is 19.6. The van der Waals surface area contributed by atoms with Gasteiger partial charge in [-0.05, 0) is 31.8 Å². The van der Waals surface area contributed by atoms with E-state index in [-0.39, 0.29) is 5.92 Å². The van der Waals surface area contributed by atoms with E-state index in [1.807, 2.05) is 13.8 Å². The second-order valence-corrected chi connectivity index (χ2v) is 7.29. The van der Waals surface area contributed by atoms with E-state index in [1.165, 1.54) is 4.57 Å². The highest BCUT2D eigenvalue weighted by Crippen LogP contribution is 2.26. The molecule has 6 nitrogen and oxygen atoms in total. The molecule has 0 unspecified atom stereocenters. The zero-order valence-corrected chi connectivity index (χ0v) is 15.4. The van der Waals surface area contributed by atoms with Gasteiger partial charge in [-0.15, -0.1) is 0 Å². The van der Waals surface area contributed by atoms with Gasteiger partial charge in [-0.1, -0.05) is 13.8 Å². The van der Waals surface area contributed by atoms with Gasteiger partial charge in [-0.2, -0.15) is 13.2 Å². The smallest absolute Gasteiger partial charge is 0.433 e. The molecule has 1 aliphatic heterocycles. The molecule has 3 rings (SSSR count). The normalized spacial score (nSPS) is 17.0. The standard InChI is InChI=1S/C18H23F3N4O2/c1-12(2)14-8-22-16(27-14)10-24-5-3-13(4-6-24)9-25-11-23-15(7-17(25)26)18(19,20)21/h7-8,11-13H,3-6,9-10H2,1-2H3. The second kappa shape index (κ2) is 7.84. The summed E-state index contributed by atoms with van der Waals surface area (Å²) in [6.45, 7) is 6.77. The molecule has 0 N–H and O–H groups in total. The molecule has 0 amide bonds. The Labute approximate surface area is 155 Å². The Morgan fingerprint density at radius 3 is 2.52 bits per heavy atom. The van der Waals surface area contributed by atoms with Gasteiger partial charge in [-0.3, -0.25) is 14.3 Å². The molecular weight excluding hydrogens is 361 g/mol. The predicted molar refractivity (Wildman–Crippen MR) is 92.1 cm³/mol. The Kier molecular flexibility index (Phi) is 5.69. The molecule has 1 fully saturated rings. The first-order valence-electron chi connectivity index (χ1n) is 9.03. The van der Waals surface area contributed by atoms with Gasteiger partial charge in [-0.25, -0.2) is 9.97 Å². The van der Waals surface area contributed by atoms with Crippen LogP contribution in [-0.4, -0.2) is 32.5 Å². The average Bonchev–Trinajstić information content (AvgIpc) is 3.06. The van der Waals surface area contributed by atoms with Crippen LogP contribution in [0.5, 0.6) is 0 Å². The average molecular weight is 384 g/mol. The first kappa shape index (κ1) is 19.6. The quantitative estimate of drug-likeness (QED) is 0.792. The minimum Gasteiger partial charge on any atom is -0.444 e. The van der Waals surface area contributed by atoms with Crippen molar-refractivity contribution in [3.05, 3.63) is 46.3 Å². The molecule has 3 heterocycles. The number of hydrogen-bond acceptors (Lipinski definition) is 5. The number of rotatable bonds is 5. The summed E-state index contributed by atoms with van der Waals surface area (Å²) in [7, 11) is 0. The van der Waals surface area contributed by atoms with E-state index >= 15 is 0 Å². The Morgan fingerprint density at radius 2 is 1.96 bits per heavy atom. The predicted octanol–water partition coefficient (Wildman–Crippen LogP) is 3.29. The third kappa shape index (κ3) is 4.97. The van der Waals surface area contributed by atoms with Crippen LogP contribution >= 0.6 is 0 Å². The van der Waals surface area contributed by atoms with E-state index in [0.717, 1.165) is 38.0 Å². The summed E-state index contributed by atoms with van der Waals surface area (Å²) >= 11 is 0. The number of likely N-dealkylation sites (tertiary alicyclic amines) is 1. The fourth-order valence-corrected chi connectivity index (χ4v) is 3.18. The maximum Gasteiger partial charge on any atom is 0.433 e. The van der Waals surface area contributed by atoms with E-state index in [0.29, 0.717) is 31.0 Å². The fraction of sp³-hybridized carbons (Fsp3) is 0.611. The van der Waals surface area contributed by atoms with Gasteiger partial charge in [0.25, 0.3) is 5.56 Å². The lowest BCUT2D eigenvalue weighted by Gasteiger charge is -2.31. The van der Waals surface area contributed by atoms with Crippen molar-refractivity contribution < 1.29 is 17.6 Å². The number of nitrogens with zero attached hydrogens (tertiary/aromatic N) is 4. The van der Waals surface area contributed by atoms with Gasteiger partial charge in [0.05, 0.1) is 19.1 Å². The molecule has 27 heavy (non-hydrogen) atoms. The zero-order valence-electron chi connectivity index (χ0n) is 15.4.